The fraction of sp³-hybridized carbons (Fsp3) is 0.692. The van der Waals surface area contributed by atoms with Gasteiger partial charge in [0.25, 0.3) is 0 Å². The van der Waals surface area contributed by atoms with Crippen molar-refractivity contribution < 1.29 is 0 Å². The molecule has 0 aliphatic rings. The number of hydrogen-bond donors (Lipinski definition) is 2. The second-order valence-electron chi connectivity index (χ2n) is 4.41. The molecular weight excluding hydrogens is 212 g/mol. The normalized spacial score (nSPS) is 11.5. The first kappa shape index (κ1) is 13.7. The zero-order chi connectivity index (χ0) is 12.9. The summed E-state index contributed by atoms with van der Waals surface area (Å²) in [5.74, 6) is 1.48. The molecule has 0 saturated heterocycles. The lowest BCUT2D eigenvalue weighted by atomic mass is 9.89. The molecule has 0 aliphatic carbocycles. The minimum Gasteiger partial charge on any atom is -0.383 e. The van der Waals surface area contributed by atoms with Crippen molar-refractivity contribution in [2.75, 3.05) is 11.1 Å². The van der Waals surface area contributed by atoms with E-state index in [-0.39, 0.29) is 5.54 Å². The first-order valence-corrected chi connectivity index (χ1v) is 6.49. The van der Waals surface area contributed by atoms with Crippen LogP contribution in [0.1, 0.15) is 52.5 Å². The van der Waals surface area contributed by atoms with Gasteiger partial charge in [0.05, 0.1) is 0 Å². The summed E-state index contributed by atoms with van der Waals surface area (Å²) in [5.41, 5.74) is 7.02. The van der Waals surface area contributed by atoms with Crippen LogP contribution in [0.4, 0.5) is 11.6 Å². The highest BCUT2D eigenvalue weighted by Gasteiger charge is 2.25. The maximum absolute atomic E-state index is 5.88. The monoisotopic (exact) mass is 236 g/mol. The van der Waals surface area contributed by atoms with Crippen molar-refractivity contribution in [1.29, 1.82) is 0 Å². The summed E-state index contributed by atoms with van der Waals surface area (Å²) in [7, 11) is 0. The van der Waals surface area contributed by atoms with Gasteiger partial charge < -0.3 is 11.1 Å². The molecule has 0 unspecified atom stereocenters. The van der Waals surface area contributed by atoms with Crippen LogP contribution in [0.3, 0.4) is 0 Å². The zero-order valence-corrected chi connectivity index (χ0v) is 11.4. The highest BCUT2D eigenvalue weighted by atomic mass is 15.1. The van der Waals surface area contributed by atoms with Crippen LogP contribution in [0.15, 0.2) is 6.33 Å². The lowest BCUT2D eigenvalue weighted by Crippen LogP contribution is -2.37. The van der Waals surface area contributed by atoms with Crippen LogP contribution in [0.2, 0.25) is 0 Å². The topological polar surface area (TPSA) is 63.8 Å². The van der Waals surface area contributed by atoms with Gasteiger partial charge in [0, 0.05) is 11.1 Å². The molecule has 0 aromatic carbocycles. The Morgan fingerprint density at radius 3 is 2.18 bits per heavy atom. The smallest absolute Gasteiger partial charge is 0.135 e. The van der Waals surface area contributed by atoms with Gasteiger partial charge in [0.15, 0.2) is 0 Å². The summed E-state index contributed by atoms with van der Waals surface area (Å²) in [6.45, 7) is 8.69. The first-order valence-electron chi connectivity index (χ1n) is 6.49. The van der Waals surface area contributed by atoms with Crippen molar-refractivity contribution in [2.24, 2.45) is 0 Å². The molecule has 4 heteroatoms. The number of rotatable bonds is 6. The van der Waals surface area contributed by atoms with Gasteiger partial charge in [-0.05, 0) is 25.7 Å². The molecular formula is C13H24N4. The predicted octanol–water partition coefficient (Wildman–Crippen LogP) is 3.00. The van der Waals surface area contributed by atoms with Crippen molar-refractivity contribution in [3.05, 3.63) is 11.9 Å². The average molecular weight is 236 g/mol. The van der Waals surface area contributed by atoms with Gasteiger partial charge in [-0.25, -0.2) is 9.97 Å². The summed E-state index contributed by atoms with van der Waals surface area (Å²) < 4.78 is 0. The molecule has 0 fully saturated rings. The highest BCUT2D eigenvalue weighted by Crippen LogP contribution is 2.27. The van der Waals surface area contributed by atoms with Crippen LogP contribution in [0, 0.1) is 0 Å². The minimum atomic E-state index is 0.116. The van der Waals surface area contributed by atoms with E-state index in [0.29, 0.717) is 5.82 Å². The molecule has 0 amide bonds. The number of aromatic nitrogens is 2. The molecule has 0 bridgehead atoms. The molecule has 0 aliphatic heterocycles. The Hall–Kier alpha value is -1.32. The van der Waals surface area contributed by atoms with E-state index in [0.717, 1.165) is 37.1 Å². The van der Waals surface area contributed by atoms with Gasteiger partial charge >= 0.3 is 0 Å². The van der Waals surface area contributed by atoms with E-state index in [1.165, 1.54) is 6.33 Å². The van der Waals surface area contributed by atoms with E-state index < -0.39 is 0 Å². The lowest BCUT2D eigenvalue weighted by molar-refractivity contribution is 0.418. The molecule has 3 N–H and O–H groups in total. The fourth-order valence-electron chi connectivity index (χ4n) is 2.15. The number of anilines is 2. The Morgan fingerprint density at radius 1 is 1.12 bits per heavy atom. The zero-order valence-electron chi connectivity index (χ0n) is 11.4. The maximum atomic E-state index is 5.88. The van der Waals surface area contributed by atoms with E-state index >= 15 is 0 Å². The van der Waals surface area contributed by atoms with E-state index in [4.69, 9.17) is 5.73 Å². The Labute approximate surface area is 104 Å². The minimum absolute atomic E-state index is 0.116. The van der Waals surface area contributed by atoms with Crippen LogP contribution in [-0.2, 0) is 6.42 Å². The van der Waals surface area contributed by atoms with E-state index in [9.17, 15) is 0 Å². The van der Waals surface area contributed by atoms with Crippen LogP contribution >= 0.6 is 0 Å². The Morgan fingerprint density at radius 2 is 1.71 bits per heavy atom. The fourth-order valence-corrected chi connectivity index (χ4v) is 2.15. The molecule has 96 valence electrons. The SMILES string of the molecule is CCc1c(N)ncnc1NC(CC)(CC)CC. The van der Waals surface area contributed by atoms with Gasteiger partial charge in [-0.15, -0.1) is 0 Å². The van der Waals surface area contributed by atoms with Gasteiger partial charge in [0.2, 0.25) is 0 Å². The third-order valence-corrected chi connectivity index (χ3v) is 3.75. The second-order valence-corrected chi connectivity index (χ2v) is 4.41. The standard InChI is InChI=1S/C13H24N4/c1-5-10-11(14)15-9-16-12(10)17-13(6-2,7-3)8-4/h9H,5-8H2,1-4H3,(H3,14,15,16,17). The molecule has 0 saturated carbocycles. The molecule has 1 heterocycles. The van der Waals surface area contributed by atoms with Gasteiger partial charge in [-0.2, -0.15) is 0 Å². The van der Waals surface area contributed by atoms with Crippen LogP contribution in [-0.4, -0.2) is 15.5 Å². The molecule has 0 spiro atoms. The summed E-state index contributed by atoms with van der Waals surface area (Å²) in [5, 5.41) is 3.57. The third-order valence-electron chi connectivity index (χ3n) is 3.75. The summed E-state index contributed by atoms with van der Waals surface area (Å²) in [6, 6.07) is 0. The van der Waals surface area contributed by atoms with Crippen molar-refractivity contribution in [1.82, 2.24) is 9.97 Å². The molecule has 1 rings (SSSR count). The Kier molecular flexibility index (Phi) is 4.73. The molecule has 1 aromatic rings. The van der Waals surface area contributed by atoms with E-state index in [1.807, 2.05) is 0 Å². The number of nitrogens with one attached hydrogen (secondary N) is 1. The lowest BCUT2D eigenvalue weighted by Gasteiger charge is -2.33. The molecule has 0 radical (unpaired) electrons. The summed E-state index contributed by atoms with van der Waals surface area (Å²) in [4.78, 5) is 8.38. The summed E-state index contributed by atoms with van der Waals surface area (Å²) in [6.07, 6.45) is 5.61. The largest absolute Gasteiger partial charge is 0.383 e. The predicted molar refractivity (Wildman–Crippen MR) is 73.0 cm³/mol. The molecule has 4 nitrogen and oxygen atoms in total. The molecule has 17 heavy (non-hydrogen) atoms. The second kappa shape index (κ2) is 5.84. The van der Waals surface area contributed by atoms with Crippen LogP contribution < -0.4 is 11.1 Å². The van der Waals surface area contributed by atoms with Crippen molar-refractivity contribution in [2.45, 2.75) is 58.9 Å². The Bertz CT molecular complexity index is 350. The first-order chi connectivity index (χ1) is 8.12. The summed E-state index contributed by atoms with van der Waals surface area (Å²) >= 11 is 0. The maximum Gasteiger partial charge on any atom is 0.135 e. The highest BCUT2D eigenvalue weighted by molar-refractivity contribution is 5.56. The number of nitrogens with zero attached hydrogens (tertiary/aromatic N) is 2. The van der Waals surface area contributed by atoms with Gasteiger partial charge in [-0.1, -0.05) is 27.7 Å². The van der Waals surface area contributed by atoms with Gasteiger partial charge in [0.1, 0.15) is 18.0 Å². The van der Waals surface area contributed by atoms with Crippen molar-refractivity contribution in [3.8, 4) is 0 Å². The molecule has 1 aromatic heterocycles. The van der Waals surface area contributed by atoms with E-state index in [2.05, 4.69) is 43.0 Å². The number of nitrogens with two attached hydrogens (primary N) is 1. The Balaban J connectivity index is 3.05. The number of hydrogen-bond acceptors (Lipinski definition) is 4. The van der Waals surface area contributed by atoms with E-state index in [1.54, 1.807) is 0 Å². The van der Waals surface area contributed by atoms with Gasteiger partial charge in [-0.3, -0.25) is 0 Å². The number of nitrogen functional groups attached to an aromatic ring is 1. The van der Waals surface area contributed by atoms with Crippen molar-refractivity contribution in [3.63, 3.8) is 0 Å². The van der Waals surface area contributed by atoms with Crippen LogP contribution in [0.25, 0.3) is 0 Å². The molecule has 0 atom stereocenters. The third kappa shape index (κ3) is 2.87. The van der Waals surface area contributed by atoms with Crippen molar-refractivity contribution >= 4 is 11.6 Å². The average Bonchev–Trinajstić information content (AvgIpc) is 2.36. The van der Waals surface area contributed by atoms with Crippen LogP contribution in [0.5, 0.6) is 0 Å². The quantitative estimate of drug-likeness (QED) is 0.797.